The minimum atomic E-state index is -0.879. The maximum atomic E-state index is 14.1. The number of carbonyl (C=O) groups is 3. The Bertz CT molecular complexity index is 3860. The van der Waals surface area contributed by atoms with Gasteiger partial charge < -0.3 is 29.2 Å². The molecule has 0 amide bonds. The molecule has 0 radical (unpaired) electrons. The van der Waals surface area contributed by atoms with E-state index < -0.39 is 17.9 Å². The molecular weight excluding hydrogens is 1360 g/mol. The normalized spacial score (nSPS) is 12.2. The third-order valence-corrected chi connectivity index (χ3v) is 14.4. The topological polar surface area (TPSA) is 234 Å². The van der Waals surface area contributed by atoms with Gasteiger partial charge >= 0.3 is 38.0 Å². The van der Waals surface area contributed by atoms with Gasteiger partial charge in [-0.25, -0.2) is 59.2 Å². The fourth-order valence-corrected chi connectivity index (χ4v) is 8.96. The van der Waals surface area contributed by atoms with Crippen molar-refractivity contribution >= 4 is 17.9 Å². The molecule has 0 fully saturated rings. The Morgan fingerprint density at radius 1 is 0.309 bits per heavy atom. The van der Waals surface area contributed by atoms with E-state index in [1.165, 1.54) is 36.4 Å². The van der Waals surface area contributed by atoms with Gasteiger partial charge in [0.2, 0.25) is 0 Å². The van der Waals surface area contributed by atoms with Crippen LogP contribution < -0.4 is 14.2 Å². The van der Waals surface area contributed by atoms with E-state index in [4.69, 9.17) is 74.0 Å². The van der Waals surface area contributed by atoms with Gasteiger partial charge in [0, 0.05) is 85.0 Å². The molecule has 4 aromatic carbocycles. The molecule has 0 aliphatic carbocycles. The summed E-state index contributed by atoms with van der Waals surface area (Å²) in [7, 11) is 0. The third kappa shape index (κ3) is 16.4. The van der Waals surface area contributed by atoms with E-state index in [0.717, 1.165) is 16.7 Å². The summed E-state index contributed by atoms with van der Waals surface area (Å²) in [5.74, 6) is 3.46. The largest absolute Gasteiger partial charge is 3.00 e. The summed E-state index contributed by atoms with van der Waals surface area (Å²) < 4.78 is 17.5. The number of hydrogen-bond acceptors (Lipinski definition) is 18. The summed E-state index contributed by atoms with van der Waals surface area (Å²) in [6.07, 6.45) is 5.11. The molecule has 10 aromatic rings. The van der Waals surface area contributed by atoms with Crippen molar-refractivity contribution in [2.45, 2.75) is 157 Å². The van der Waals surface area contributed by atoms with Crippen LogP contribution in [-0.2, 0) is 52.6 Å². The number of hydrogen-bond donors (Lipinski definition) is 0. The summed E-state index contributed by atoms with van der Waals surface area (Å²) in [5.41, 5.74) is 3.59. The van der Waals surface area contributed by atoms with Crippen molar-refractivity contribution in [3.05, 3.63) is 198 Å². The number of pyridine rings is 3. The maximum absolute atomic E-state index is 14.1. The van der Waals surface area contributed by atoms with Crippen LogP contribution in [0.2, 0.25) is 0 Å². The predicted molar refractivity (Wildman–Crippen MR) is 356 cm³/mol. The maximum Gasteiger partial charge on any atom is 3.00 e. The first-order valence-corrected chi connectivity index (χ1v) is 30.6. The van der Waals surface area contributed by atoms with Gasteiger partial charge in [0.15, 0.2) is 17.5 Å². The first kappa shape index (κ1) is 68.8. The summed E-state index contributed by atoms with van der Waals surface area (Å²) >= 11 is 0. The molecule has 94 heavy (non-hydrogen) atoms. The van der Waals surface area contributed by atoms with Crippen LogP contribution in [0.25, 0.3) is 67.9 Å². The van der Waals surface area contributed by atoms with Crippen LogP contribution in [0, 0.1) is 18.2 Å². The van der Waals surface area contributed by atoms with E-state index in [9.17, 15) is 14.4 Å². The first-order chi connectivity index (χ1) is 43.5. The monoisotopic (exact) mass is 1430 g/mol. The van der Waals surface area contributed by atoms with Crippen molar-refractivity contribution < 1.29 is 48.7 Å². The molecule has 480 valence electrons. The van der Waals surface area contributed by atoms with Gasteiger partial charge in [0.05, 0.1) is 16.7 Å². The average molecular weight is 1430 g/mol. The predicted octanol–water partition coefficient (Wildman–Crippen LogP) is 15.3. The van der Waals surface area contributed by atoms with E-state index >= 15 is 0 Å². The zero-order chi connectivity index (χ0) is 67.2. The number of rotatable bonds is 12. The smallest absolute Gasteiger partial charge is 0.471 e. The van der Waals surface area contributed by atoms with Crippen LogP contribution in [0.5, 0.6) is 17.2 Å². The molecule has 6 aromatic heterocycles. The molecule has 0 bridgehead atoms. The Labute approximate surface area is 563 Å². The standard InChI is InChI=1S/C75H75N12O6.Ir/c1-70(2,3)64-79-58(80-65(85-64)71(4,5)6)46-25-34-55(76-40-46)43-19-28-52(29-20-43)91-61(88)49-37-50(62(89)92-53-30-21-44(22-31-53)56-35-26-47(41-77-56)59-81-66(72(7,8)9)86-67(82-59)73(10,11)12)39-51(38-49)63(90)93-54-32-23-45(24-33-54)57-36-27-48(42-78-57)60-83-68(74(13,14)15)87-69(84-60)75(16,17)18;/h19,21,23,25-42H,1-18H3;/q-3;+3. The van der Waals surface area contributed by atoms with Crippen molar-refractivity contribution in [1.82, 2.24) is 59.8 Å². The Hall–Kier alpha value is -9.58. The summed E-state index contributed by atoms with van der Waals surface area (Å²) in [5, 5.41) is 0. The van der Waals surface area contributed by atoms with Gasteiger partial charge in [0.25, 0.3) is 0 Å². The number of aromatic nitrogens is 12. The van der Waals surface area contributed by atoms with E-state index in [2.05, 4.69) is 143 Å². The second-order valence-electron chi connectivity index (χ2n) is 29.0. The molecule has 0 atom stereocenters. The van der Waals surface area contributed by atoms with E-state index in [-0.39, 0.29) is 86.5 Å². The van der Waals surface area contributed by atoms with Crippen LogP contribution in [0.15, 0.2) is 128 Å². The minimum Gasteiger partial charge on any atom is -0.471 e. The molecule has 6 heterocycles. The molecule has 0 N–H and O–H groups in total. The summed E-state index contributed by atoms with van der Waals surface area (Å²) in [6, 6.07) is 39.0. The van der Waals surface area contributed by atoms with Gasteiger partial charge in [-0.2, -0.15) is 0 Å². The molecule has 19 heteroatoms. The number of nitrogens with zero attached hydrogens (tertiary/aromatic N) is 12. The zero-order valence-electron chi connectivity index (χ0n) is 56.3. The van der Waals surface area contributed by atoms with Gasteiger partial charge in [-0.15, -0.1) is 89.5 Å². The summed E-state index contributed by atoms with van der Waals surface area (Å²) in [6.45, 7) is 37.1. The Kier molecular flexibility index (Phi) is 19.3. The third-order valence-electron chi connectivity index (χ3n) is 14.4. The van der Waals surface area contributed by atoms with Crippen LogP contribution in [0.4, 0.5) is 0 Å². The van der Waals surface area contributed by atoms with Crippen molar-refractivity contribution in [3.8, 4) is 85.2 Å². The van der Waals surface area contributed by atoms with Crippen molar-refractivity contribution in [3.63, 3.8) is 0 Å². The molecule has 0 saturated heterocycles. The van der Waals surface area contributed by atoms with Crippen LogP contribution >= 0.6 is 0 Å². The second kappa shape index (κ2) is 26.4. The molecule has 0 aliphatic heterocycles. The van der Waals surface area contributed by atoms with Gasteiger partial charge in [-0.3, -0.25) is 0 Å². The fraction of sp³-hybridized carbons (Fsp3) is 0.320. The van der Waals surface area contributed by atoms with Crippen LogP contribution in [0.3, 0.4) is 0 Å². The van der Waals surface area contributed by atoms with Gasteiger partial charge in [-0.1, -0.05) is 161 Å². The van der Waals surface area contributed by atoms with Gasteiger partial charge in [-0.05, 0) is 35.3 Å². The minimum absolute atomic E-state index is 0. The molecule has 0 unspecified atom stereocenters. The summed E-state index contributed by atoms with van der Waals surface area (Å²) in [4.78, 5) is 99.7. The van der Waals surface area contributed by atoms with Crippen LogP contribution in [-0.4, -0.2) is 77.7 Å². The van der Waals surface area contributed by atoms with Crippen molar-refractivity contribution in [2.24, 2.45) is 0 Å². The quantitative estimate of drug-likeness (QED) is 0.0628. The SMILES string of the molecule is CC(C)(C)c1nc(-c2ccc(-c3[c-]cc(OC(=O)c4cc(C(=O)Oc5c[c-]c(-c6ccc(-c7nc(C(C)(C)C)nc(C(C)(C)C)n7)cn6)cc5)cc(C(=O)Oc5c[c-]c(-c6ccc(-c7nc(C(C)(C)C)nc(C(C)(C)C)n7)cn6)cc5)c4)cc3)nc2)nc(C(C)(C)C)n1.[Ir+3]. The fourth-order valence-electron chi connectivity index (χ4n) is 8.96. The van der Waals surface area contributed by atoms with Crippen molar-refractivity contribution in [1.29, 1.82) is 0 Å². The molecule has 10 rings (SSSR count). The Balaban J connectivity index is 0.0000104. The molecule has 0 spiro atoms. The molecule has 18 nitrogen and oxygen atoms in total. The van der Waals surface area contributed by atoms with E-state index in [1.54, 1.807) is 55.0 Å². The molecule has 0 saturated carbocycles. The van der Waals surface area contributed by atoms with E-state index in [1.807, 2.05) is 36.4 Å². The first-order valence-electron chi connectivity index (χ1n) is 30.6. The Morgan fingerprint density at radius 3 is 0.702 bits per heavy atom. The number of carbonyl (C=O) groups excluding carboxylic acids is 3. The van der Waals surface area contributed by atoms with E-state index in [0.29, 0.717) is 86.2 Å². The number of esters is 3. The Morgan fingerprint density at radius 2 is 0.532 bits per heavy atom. The second-order valence-corrected chi connectivity index (χ2v) is 29.0. The van der Waals surface area contributed by atoms with Crippen LogP contribution in [0.1, 0.15) is 191 Å². The van der Waals surface area contributed by atoms with Gasteiger partial charge in [0.1, 0.15) is 34.9 Å². The number of benzene rings is 4. The van der Waals surface area contributed by atoms with Crippen molar-refractivity contribution in [2.75, 3.05) is 0 Å². The average Bonchev–Trinajstić information content (AvgIpc) is 0.815. The molecular formula is C75H75IrN12O6. The zero-order valence-corrected chi connectivity index (χ0v) is 58.7. The number of ether oxygens (including phenoxy) is 3. The molecule has 0 aliphatic rings.